The number of hydrogen-bond donors (Lipinski definition) is 2. The third-order valence-corrected chi connectivity index (χ3v) is 3.22. The smallest absolute Gasteiger partial charge is 0.167 e. The van der Waals surface area contributed by atoms with Gasteiger partial charge in [0.15, 0.2) is 5.82 Å². The van der Waals surface area contributed by atoms with Gasteiger partial charge in [0.25, 0.3) is 0 Å². The maximum Gasteiger partial charge on any atom is 0.167 e. The topological polar surface area (TPSA) is 67.6 Å². The molecule has 4 heteroatoms. The lowest BCUT2D eigenvalue weighted by molar-refractivity contribution is 0.315. The molecule has 0 aliphatic heterocycles. The van der Waals surface area contributed by atoms with Gasteiger partial charge in [-0.3, -0.25) is 5.10 Å². The first-order valence-corrected chi connectivity index (χ1v) is 5.66. The van der Waals surface area contributed by atoms with Crippen LogP contribution in [-0.4, -0.2) is 15.2 Å². The van der Waals surface area contributed by atoms with Crippen molar-refractivity contribution in [3.8, 4) is 0 Å². The quantitative estimate of drug-likeness (QED) is 0.782. The van der Waals surface area contributed by atoms with E-state index in [9.17, 15) is 0 Å². The second kappa shape index (κ2) is 3.59. The summed E-state index contributed by atoms with van der Waals surface area (Å²) in [6, 6.07) is -0.0948. The van der Waals surface area contributed by atoms with Crippen molar-refractivity contribution in [1.29, 1.82) is 0 Å². The van der Waals surface area contributed by atoms with Gasteiger partial charge in [-0.1, -0.05) is 27.2 Å². The highest BCUT2D eigenvalue weighted by molar-refractivity contribution is 5.05. The van der Waals surface area contributed by atoms with Crippen molar-refractivity contribution in [3.05, 3.63) is 11.6 Å². The van der Waals surface area contributed by atoms with Gasteiger partial charge in [0.1, 0.15) is 5.82 Å². The minimum Gasteiger partial charge on any atom is -0.321 e. The van der Waals surface area contributed by atoms with Crippen LogP contribution in [0.15, 0.2) is 0 Å². The van der Waals surface area contributed by atoms with Crippen molar-refractivity contribution >= 4 is 0 Å². The van der Waals surface area contributed by atoms with Crippen LogP contribution in [0.25, 0.3) is 0 Å². The molecule has 1 saturated carbocycles. The van der Waals surface area contributed by atoms with Gasteiger partial charge in [-0.25, -0.2) is 4.98 Å². The zero-order chi connectivity index (χ0) is 11.1. The number of nitrogens with two attached hydrogens (primary N) is 1. The van der Waals surface area contributed by atoms with E-state index >= 15 is 0 Å². The number of nitrogens with one attached hydrogen (secondary N) is 1. The van der Waals surface area contributed by atoms with Crippen LogP contribution in [0.1, 0.15) is 63.6 Å². The van der Waals surface area contributed by atoms with E-state index in [1.807, 2.05) is 0 Å². The fourth-order valence-electron chi connectivity index (χ4n) is 1.68. The van der Waals surface area contributed by atoms with Crippen molar-refractivity contribution in [2.45, 2.75) is 52.0 Å². The molecule has 1 aliphatic carbocycles. The molecule has 0 aromatic carbocycles. The molecule has 1 atom stereocenters. The fraction of sp³-hybridized carbons (Fsp3) is 0.818. The van der Waals surface area contributed by atoms with Crippen molar-refractivity contribution in [2.75, 3.05) is 0 Å². The Labute approximate surface area is 90.7 Å². The number of rotatable bonds is 2. The number of aromatic amines is 1. The summed E-state index contributed by atoms with van der Waals surface area (Å²) in [5, 5.41) is 7.24. The molecular formula is C11H20N4. The normalized spacial score (nSPS) is 20.0. The average Bonchev–Trinajstić information content (AvgIpc) is 2.47. The summed E-state index contributed by atoms with van der Waals surface area (Å²) in [5.41, 5.74) is 6.11. The summed E-state index contributed by atoms with van der Waals surface area (Å²) in [5.74, 6) is 2.37. The van der Waals surface area contributed by atoms with E-state index in [1.165, 1.54) is 19.3 Å². The predicted molar refractivity (Wildman–Crippen MR) is 59.4 cm³/mol. The Morgan fingerprint density at radius 2 is 2.07 bits per heavy atom. The Balaban J connectivity index is 2.12. The standard InChI is InChI=1S/C11H20N4/c1-11(2,3)8(12)10-13-9(14-15-10)7-5-4-6-7/h7-8H,4-6,12H2,1-3H3,(H,13,14,15). The van der Waals surface area contributed by atoms with Crippen molar-refractivity contribution < 1.29 is 0 Å². The SMILES string of the molecule is CC(C)(C)C(N)c1n[nH]c(C2CCC2)n1. The molecule has 1 fully saturated rings. The second-order valence-corrected chi connectivity index (χ2v) is 5.55. The molecule has 1 heterocycles. The summed E-state index contributed by atoms with van der Waals surface area (Å²) in [7, 11) is 0. The number of H-pyrrole nitrogens is 1. The highest BCUT2D eigenvalue weighted by Gasteiger charge is 2.28. The first-order valence-electron chi connectivity index (χ1n) is 5.66. The highest BCUT2D eigenvalue weighted by Crippen LogP contribution is 2.35. The first kappa shape index (κ1) is 10.6. The van der Waals surface area contributed by atoms with E-state index in [0.717, 1.165) is 11.6 Å². The number of aromatic nitrogens is 3. The van der Waals surface area contributed by atoms with Crippen LogP contribution >= 0.6 is 0 Å². The zero-order valence-corrected chi connectivity index (χ0v) is 9.75. The van der Waals surface area contributed by atoms with Gasteiger partial charge in [-0.15, -0.1) is 0 Å². The van der Waals surface area contributed by atoms with Crippen molar-refractivity contribution in [1.82, 2.24) is 15.2 Å². The highest BCUT2D eigenvalue weighted by atomic mass is 15.2. The van der Waals surface area contributed by atoms with Gasteiger partial charge in [-0.2, -0.15) is 5.10 Å². The lowest BCUT2D eigenvalue weighted by Gasteiger charge is -2.24. The fourth-order valence-corrected chi connectivity index (χ4v) is 1.68. The lowest BCUT2D eigenvalue weighted by atomic mass is 9.85. The minimum absolute atomic E-state index is 0.0130. The molecule has 4 nitrogen and oxygen atoms in total. The van der Waals surface area contributed by atoms with Crippen LogP contribution in [0.2, 0.25) is 0 Å². The lowest BCUT2D eigenvalue weighted by Crippen LogP contribution is -2.27. The summed E-state index contributed by atoms with van der Waals surface area (Å²) in [6.07, 6.45) is 3.78. The van der Waals surface area contributed by atoms with Gasteiger partial charge in [0, 0.05) is 5.92 Å². The molecule has 3 N–H and O–H groups in total. The van der Waals surface area contributed by atoms with Gasteiger partial charge in [-0.05, 0) is 18.3 Å². The summed E-state index contributed by atoms with van der Waals surface area (Å²) in [4.78, 5) is 4.51. The third-order valence-electron chi connectivity index (χ3n) is 3.22. The molecule has 0 amide bonds. The Kier molecular flexibility index (Phi) is 2.54. The molecule has 1 aromatic rings. The molecule has 1 aliphatic rings. The Hall–Kier alpha value is -0.900. The number of nitrogens with zero attached hydrogens (tertiary/aromatic N) is 2. The molecule has 15 heavy (non-hydrogen) atoms. The van der Waals surface area contributed by atoms with E-state index in [2.05, 4.69) is 36.0 Å². The molecular weight excluding hydrogens is 188 g/mol. The second-order valence-electron chi connectivity index (χ2n) is 5.55. The van der Waals surface area contributed by atoms with Crippen LogP contribution in [0.3, 0.4) is 0 Å². The zero-order valence-electron chi connectivity index (χ0n) is 9.75. The molecule has 0 bridgehead atoms. The molecule has 0 spiro atoms. The Morgan fingerprint density at radius 3 is 2.53 bits per heavy atom. The minimum atomic E-state index is -0.0948. The van der Waals surface area contributed by atoms with E-state index in [4.69, 9.17) is 5.73 Å². The van der Waals surface area contributed by atoms with Crippen LogP contribution in [0, 0.1) is 5.41 Å². The van der Waals surface area contributed by atoms with Gasteiger partial charge in [0.2, 0.25) is 0 Å². The van der Waals surface area contributed by atoms with Crippen LogP contribution < -0.4 is 5.73 Å². The maximum atomic E-state index is 6.10. The van der Waals surface area contributed by atoms with Crippen LogP contribution in [0.5, 0.6) is 0 Å². The van der Waals surface area contributed by atoms with E-state index in [-0.39, 0.29) is 11.5 Å². The van der Waals surface area contributed by atoms with Gasteiger partial charge >= 0.3 is 0 Å². The van der Waals surface area contributed by atoms with E-state index in [1.54, 1.807) is 0 Å². The largest absolute Gasteiger partial charge is 0.321 e. The average molecular weight is 208 g/mol. The molecule has 1 unspecified atom stereocenters. The summed E-state index contributed by atoms with van der Waals surface area (Å²) in [6.45, 7) is 6.32. The third kappa shape index (κ3) is 2.04. The van der Waals surface area contributed by atoms with Crippen LogP contribution in [-0.2, 0) is 0 Å². The molecule has 2 rings (SSSR count). The van der Waals surface area contributed by atoms with Crippen LogP contribution in [0.4, 0.5) is 0 Å². The van der Waals surface area contributed by atoms with E-state index in [0.29, 0.717) is 5.92 Å². The van der Waals surface area contributed by atoms with Gasteiger partial charge < -0.3 is 5.73 Å². The molecule has 84 valence electrons. The first-order chi connectivity index (χ1) is 6.98. The van der Waals surface area contributed by atoms with Crippen molar-refractivity contribution in [2.24, 2.45) is 11.1 Å². The Bertz CT molecular complexity index is 333. The maximum absolute atomic E-state index is 6.10. The monoisotopic (exact) mass is 208 g/mol. The molecule has 0 saturated heterocycles. The Morgan fingerprint density at radius 1 is 1.40 bits per heavy atom. The van der Waals surface area contributed by atoms with Gasteiger partial charge in [0.05, 0.1) is 6.04 Å². The number of hydrogen-bond acceptors (Lipinski definition) is 3. The van der Waals surface area contributed by atoms with Crippen molar-refractivity contribution in [3.63, 3.8) is 0 Å². The summed E-state index contributed by atoms with van der Waals surface area (Å²) >= 11 is 0. The summed E-state index contributed by atoms with van der Waals surface area (Å²) < 4.78 is 0. The molecule has 0 radical (unpaired) electrons. The predicted octanol–water partition coefficient (Wildman–Crippen LogP) is 2.12. The van der Waals surface area contributed by atoms with E-state index < -0.39 is 0 Å². The molecule has 1 aromatic heterocycles.